The van der Waals surface area contributed by atoms with E-state index in [1.165, 1.54) is 54.6 Å². The number of hydrogen-bond donors (Lipinski definition) is 8. The third-order valence-corrected chi connectivity index (χ3v) is 10.1. The van der Waals surface area contributed by atoms with Gasteiger partial charge in [-0.2, -0.15) is 0 Å². The summed E-state index contributed by atoms with van der Waals surface area (Å²) in [6.07, 6.45) is 0. The van der Waals surface area contributed by atoms with Crippen molar-refractivity contribution in [3.05, 3.63) is 133 Å². The lowest BCUT2D eigenvalue weighted by Crippen LogP contribution is -2.34. The van der Waals surface area contributed by atoms with E-state index in [0.717, 1.165) is 0 Å². The number of anilines is 6. The first-order valence-corrected chi connectivity index (χ1v) is 18.9. The van der Waals surface area contributed by atoms with Gasteiger partial charge in [-0.05, 0) is 115 Å². The highest BCUT2D eigenvalue weighted by atomic mass is 32.2. The molecule has 0 atom stereocenters. The molecule has 14 nitrogen and oxygen atoms in total. The van der Waals surface area contributed by atoms with Gasteiger partial charge in [-0.1, -0.05) is 42.5 Å². The third kappa shape index (κ3) is 11.0. The lowest BCUT2D eigenvalue weighted by molar-refractivity contribution is 0.261. The van der Waals surface area contributed by atoms with Crippen molar-refractivity contribution in [3.8, 4) is 0 Å². The Bertz CT molecular complexity index is 2130. The molecule has 0 aliphatic heterocycles. The van der Waals surface area contributed by atoms with E-state index in [1.54, 1.807) is 66.7 Å². The summed E-state index contributed by atoms with van der Waals surface area (Å²) in [6.45, 7) is 0. The number of para-hydroxylation sites is 2. The average Bonchev–Trinajstić information content (AvgIpc) is 3.09. The fraction of sp³-hybridized carbons (Fsp3) is 0. The summed E-state index contributed by atoms with van der Waals surface area (Å²) in [5.41, 5.74) is 2.66. The molecule has 5 aromatic carbocycles. The summed E-state index contributed by atoms with van der Waals surface area (Å²) in [6, 6.07) is 34.0. The summed E-state index contributed by atoms with van der Waals surface area (Å²) in [5.74, 6) is 0. The molecule has 266 valence electrons. The zero-order chi connectivity index (χ0) is 37.1. The van der Waals surface area contributed by atoms with E-state index in [1.807, 2.05) is 12.1 Å². The smallest absolute Gasteiger partial charge is 0.323 e. The van der Waals surface area contributed by atoms with Gasteiger partial charge in [-0.3, -0.25) is 9.44 Å². The molecule has 0 unspecified atom stereocenters. The number of hydrogen-bond acceptors (Lipinski definition) is 8. The summed E-state index contributed by atoms with van der Waals surface area (Å²) in [7, 11) is -8.18. The Morgan fingerprint density at radius 2 is 0.692 bits per heavy atom. The Hall–Kier alpha value is -6.08. The van der Waals surface area contributed by atoms with Crippen LogP contribution in [-0.2, 0) is 20.0 Å². The SMILES string of the molecule is O=C(Nc1ccccc1)Nc1ccc(S(=O)(=O)NC(=S)Nc2cccc(NC(=S)NS(=O)(=O)c3ccc(NC(=O)Nc4ccccc4)cc3)c2)cc1. The minimum atomic E-state index is -4.09. The quantitative estimate of drug-likeness (QED) is 0.0743. The number of carbonyl (C=O) groups excluding carboxylic acids is 2. The molecule has 0 bridgehead atoms. The standard InChI is InChI=1S/C34H30N8O6S4/c43-31(35-23-8-3-1-4-9-23)37-25-14-18-29(19-15-25)51(45,46)41-33(49)39-27-12-7-13-28(22-27)40-34(50)42-52(47,48)30-20-16-26(17-21-30)38-32(44)36-24-10-5-2-6-11-24/h1-22H,(H2,35,37,43)(H2,36,38,44)(H2,39,41,49)(H2,40,42,50). The van der Waals surface area contributed by atoms with Crippen molar-refractivity contribution in [2.75, 3.05) is 31.9 Å². The molecule has 0 radical (unpaired) electrons. The van der Waals surface area contributed by atoms with E-state index in [0.29, 0.717) is 34.1 Å². The molecule has 52 heavy (non-hydrogen) atoms. The average molecular weight is 775 g/mol. The molecule has 4 amide bonds. The second-order valence-corrected chi connectivity index (χ2v) is 14.8. The number of carbonyl (C=O) groups is 2. The molecule has 0 spiro atoms. The molecule has 0 heterocycles. The van der Waals surface area contributed by atoms with Crippen LogP contribution in [0.2, 0.25) is 0 Å². The summed E-state index contributed by atoms with van der Waals surface area (Å²) in [5, 5.41) is 15.6. The van der Waals surface area contributed by atoms with Crippen molar-refractivity contribution in [2.45, 2.75) is 9.79 Å². The van der Waals surface area contributed by atoms with Gasteiger partial charge < -0.3 is 31.9 Å². The zero-order valence-electron chi connectivity index (χ0n) is 26.8. The van der Waals surface area contributed by atoms with Crippen LogP contribution in [0.15, 0.2) is 143 Å². The second-order valence-electron chi connectivity index (χ2n) is 10.6. The van der Waals surface area contributed by atoms with Crippen LogP contribution in [0.5, 0.6) is 0 Å². The Morgan fingerprint density at radius 3 is 1.04 bits per heavy atom. The summed E-state index contributed by atoms with van der Waals surface area (Å²) >= 11 is 10.4. The largest absolute Gasteiger partial charge is 0.332 e. The van der Waals surface area contributed by atoms with Crippen molar-refractivity contribution in [1.82, 2.24) is 9.44 Å². The lowest BCUT2D eigenvalue weighted by Gasteiger charge is -2.14. The predicted octanol–water partition coefficient (Wildman–Crippen LogP) is 6.33. The van der Waals surface area contributed by atoms with Crippen molar-refractivity contribution >= 4 is 101 Å². The van der Waals surface area contributed by atoms with Gasteiger partial charge in [0.15, 0.2) is 10.2 Å². The molecule has 8 N–H and O–H groups in total. The minimum Gasteiger partial charge on any atom is -0.332 e. The Labute approximate surface area is 310 Å². The van der Waals surface area contributed by atoms with Crippen LogP contribution in [0.1, 0.15) is 0 Å². The summed E-state index contributed by atoms with van der Waals surface area (Å²) < 4.78 is 56.3. The van der Waals surface area contributed by atoms with Crippen molar-refractivity contribution in [3.63, 3.8) is 0 Å². The number of nitrogens with one attached hydrogen (secondary N) is 8. The van der Waals surface area contributed by atoms with Gasteiger partial charge in [0.25, 0.3) is 20.0 Å². The Kier molecular flexibility index (Phi) is 12.0. The molecule has 18 heteroatoms. The minimum absolute atomic E-state index is 0.0989. The van der Waals surface area contributed by atoms with E-state index in [4.69, 9.17) is 24.4 Å². The molecule has 5 aromatic rings. The van der Waals surface area contributed by atoms with Crippen molar-refractivity contribution in [2.24, 2.45) is 0 Å². The maximum atomic E-state index is 12.9. The maximum Gasteiger partial charge on any atom is 0.323 e. The number of amides is 4. The van der Waals surface area contributed by atoms with Crippen LogP contribution in [-0.4, -0.2) is 39.1 Å². The number of sulfonamides is 2. The van der Waals surface area contributed by atoms with Crippen LogP contribution in [0.25, 0.3) is 0 Å². The molecule has 0 saturated heterocycles. The molecular weight excluding hydrogens is 745 g/mol. The van der Waals surface area contributed by atoms with Gasteiger partial charge >= 0.3 is 12.1 Å². The predicted molar refractivity (Wildman–Crippen MR) is 211 cm³/mol. The Balaban J connectivity index is 1.10. The highest BCUT2D eigenvalue weighted by Crippen LogP contribution is 2.19. The van der Waals surface area contributed by atoms with E-state index in [2.05, 4.69) is 41.3 Å². The van der Waals surface area contributed by atoms with Gasteiger partial charge in [0.2, 0.25) is 0 Å². The fourth-order valence-electron chi connectivity index (χ4n) is 4.41. The number of thiocarbonyl (C=S) groups is 2. The molecular formula is C34H30N8O6S4. The monoisotopic (exact) mass is 774 g/mol. The van der Waals surface area contributed by atoms with Gasteiger partial charge in [0.1, 0.15) is 0 Å². The van der Waals surface area contributed by atoms with E-state index >= 15 is 0 Å². The molecule has 5 rings (SSSR count). The first-order valence-electron chi connectivity index (χ1n) is 15.1. The van der Waals surface area contributed by atoms with E-state index in [9.17, 15) is 26.4 Å². The number of urea groups is 2. The van der Waals surface area contributed by atoms with Crippen molar-refractivity contribution in [1.29, 1.82) is 0 Å². The molecule has 0 fully saturated rings. The Morgan fingerprint density at radius 1 is 0.385 bits per heavy atom. The highest BCUT2D eigenvalue weighted by molar-refractivity contribution is 7.92. The summed E-state index contributed by atoms with van der Waals surface area (Å²) in [4.78, 5) is 24.3. The van der Waals surface area contributed by atoms with Crippen LogP contribution < -0.4 is 41.3 Å². The van der Waals surface area contributed by atoms with E-state index in [-0.39, 0.29) is 20.0 Å². The number of rotatable bonds is 10. The molecule has 0 aliphatic rings. The zero-order valence-corrected chi connectivity index (χ0v) is 30.1. The van der Waals surface area contributed by atoms with Crippen molar-refractivity contribution < 1.29 is 26.4 Å². The maximum absolute atomic E-state index is 12.9. The van der Waals surface area contributed by atoms with Gasteiger partial charge in [-0.25, -0.2) is 26.4 Å². The first kappa shape index (κ1) is 37.2. The first-order chi connectivity index (χ1) is 24.8. The topological polar surface area (TPSA) is 199 Å². The van der Waals surface area contributed by atoms with Gasteiger partial charge in [0.05, 0.1) is 9.79 Å². The molecule has 0 saturated carbocycles. The van der Waals surface area contributed by atoms with Crippen LogP contribution >= 0.6 is 24.4 Å². The number of benzene rings is 5. The van der Waals surface area contributed by atoms with Gasteiger partial charge in [-0.15, -0.1) is 0 Å². The normalized spacial score (nSPS) is 10.9. The van der Waals surface area contributed by atoms with Crippen LogP contribution in [0, 0.1) is 0 Å². The fourth-order valence-corrected chi connectivity index (χ4v) is 7.12. The molecule has 0 aliphatic carbocycles. The lowest BCUT2D eigenvalue weighted by atomic mass is 10.3. The van der Waals surface area contributed by atoms with Gasteiger partial charge in [0, 0.05) is 34.1 Å². The van der Waals surface area contributed by atoms with Crippen LogP contribution in [0.4, 0.5) is 43.7 Å². The second kappa shape index (κ2) is 16.8. The van der Waals surface area contributed by atoms with E-state index < -0.39 is 32.1 Å². The van der Waals surface area contributed by atoms with Crippen LogP contribution in [0.3, 0.4) is 0 Å². The highest BCUT2D eigenvalue weighted by Gasteiger charge is 2.18. The molecule has 0 aromatic heterocycles. The third-order valence-electron chi connectivity index (χ3n) is 6.74.